The Labute approximate surface area is 259 Å². The molecule has 3 aromatic carbocycles. The molecule has 1 atom stereocenters. The zero-order valence-corrected chi connectivity index (χ0v) is 26.2. The van der Waals surface area contributed by atoms with Gasteiger partial charge in [-0.3, -0.25) is 9.59 Å². The molecule has 5 rings (SSSR count). The smallest absolute Gasteiger partial charge is 0.247 e. The molecule has 0 bridgehead atoms. The maximum Gasteiger partial charge on any atom is 0.247 e. The summed E-state index contributed by atoms with van der Waals surface area (Å²) in [4.78, 5) is 33.8. The predicted octanol–water partition coefficient (Wildman–Crippen LogP) is 6.31. The average molecular weight is 598 g/mol. The Hall–Kier alpha value is -4.46. The molecule has 1 fully saturated rings. The number of para-hydroxylation sites is 1. The van der Waals surface area contributed by atoms with Gasteiger partial charge in [0.15, 0.2) is 11.5 Å². The molecule has 2 N–H and O–H groups in total. The number of carbonyl (C=O) groups is 2. The lowest BCUT2D eigenvalue weighted by molar-refractivity contribution is -0.140. The topological polar surface area (TPSA) is 92.9 Å². The molecule has 1 unspecified atom stereocenters. The Kier molecular flexibility index (Phi) is 10.1. The Morgan fingerprint density at radius 3 is 2.27 bits per heavy atom. The average Bonchev–Trinajstić information content (AvgIpc) is 3.45. The number of methoxy groups -OCH3 is 3. The van der Waals surface area contributed by atoms with Crippen molar-refractivity contribution < 1.29 is 23.8 Å². The normalized spacial score (nSPS) is 14.2. The van der Waals surface area contributed by atoms with E-state index in [2.05, 4.69) is 29.4 Å². The lowest BCUT2D eigenvalue weighted by Crippen LogP contribution is -2.48. The number of rotatable bonds is 12. The second-order valence-electron chi connectivity index (χ2n) is 11.5. The van der Waals surface area contributed by atoms with Crippen molar-refractivity contribution in [1.82, 2.24) is 15.2 Å². The van der Waals surface area contributed by atoms with Crippen LogP contribution in [0.2, 0.25) is 0 Å². The first-order chi connectivity index (χ1) is 21.4. The lowest BCUT2D eigenvalue weighted by Gasteiger charge is -2.34. The maximum atomic E-state index is 14.4. The molecule has 0 radical (unpaired) electrons. The van der Waals surface area contributed by atoms with Crippen LogP contribution in [0.5, 0.6) is 17.2 Å². The van der Waals surface area contributed by atoms with Crippen LogP contribution in [0.1, 0.15) is 60.4 Å². The van der Waals surface area contributed by atoms with Gasteiger partial charge >= 0.3 is 0 Å². The van der Waals surface area contributed by atoms with Gasteiger partial charge in [0, 0.05) is 29.7 Å². The number of ether oxygens (including phenoxy) is 3. The van der Waals surface area contributed by atoms with Crippen molar-refractivity contribution in [1.29, 1.82) is 0 Å². The van der Waals surface area contributed by atoms with Crippen LogP contribution in [0.25, 0.3) is 10.9 Å². The molecule has 1 aliphatic rings. The standard InChI is InChI=1S/C36H43N3O5/c1-24-12-8-9-13-25(24)18-19-39(33(40)22-27-23-37-30-17-11-10-16-29(27)30)34(36(41)38-28-14-6-5-7-15-28)26-20-31(42-2)35(44-4)32(21-26)43-3/h8-13,16-17,20-21,23,28,34,37H,5-7,14-15,18-19,22H2,1-4H3,(H,38,41). The fourth-order valence-electron chi connectivity index (χ4n) is 6.33. The van der Waals surface area contributed by atoms with Gasteiger partial charge in [0.25, 0.3) is 0 Å². The minimum absolute atomic E-state index is 0.0720. The number of carbonyl (C=O) groups excluding carboxylic acids is 2. The molecule has 0 spiro atoms. The fraction of sp³-hybridized carbons (Fsp3) is 0.389. The third-order valence-corrected chi connectivity index (χ3v) is 8.73. The van der Waals surface area contributed by atoms with E-state index in [1.165, 1.54) is 6.42 Å². The Morgan fingerprint density at radius 1 is 0.909 bits per heavy atom. The zero-order chi connectivity index (χ0) is 31.1. The van der Waals surface area contributed by atoms with Gasteiger partial charge < -0.3 is 29.4 Å². The predicted molar refractivity (Wildman–Crippen MR) is 172 cm³/mol. The van der Waals surface area contributed by atoms with E-state index in [9.17, 15) is 9.59 Å². The largest absolute Gasteiger partial charge is 0.493 e. The number of hydrogen-bond acceptors (Lipinski definition) is 5. The highest BCUT2D eigenvalue weighted by Gasteiger charge is 2.34. The van der Waals surface area contributed by atoms with E-state index in [4.69, 9.17) is 14.2 Å². The van der Waals surface area contributed by atoms with Crippen molar-refractivity contribution in [2.75, 3.05) is 27.9 Å². The van der Waals surface area contributed by atoms with Gasteiger partial charge in [0.2, 0.25) is 17.6 Å². The van der Waals surface area contributed by atoms with Crippen LogP contribution in [0.3, 0.4) is 0 Å². The first-order valence-electron chi connectivity index (χ1n) is 15.4. The van der Waals surface area contributed by atoms with Gasteiger partial charge in [0.05, 0.1) is 27.8 Å². The molecular formula is C36H43N3O5. The quantitative estimate of drug-likeness (QED) is 0.200. The lowest BCUT2D eigenvalue weighted by atomic mass is 9.94. The van der Waals surface area contributed by atoms with Gasteiger partial charge in [-0.1, -0.05) is 61.7 Å². The number of nitrogens with one attached hydrogen (secondary N) is 2. The summed E-state index contributed by atoms with van der Waals surface area (Å²) >= 11 is 0. The van der Waals surface area contributed by atoms with E-state index in [1.807, 2.05) is 42.6 Å². The van der Waals surface area contributed by atoms with Crippen LogP contribution in [-0.4, -0.2) is 55.6 Å². The Bertz CT molecular complexity index is 1560. The number of H-pyrrole nitrogens is 1. The molecule has 2 amide bonds. The van der Waals surface area contributed by atoms with Crippen molar-refractivity contribution in [2.45, 2.75) is 64.0 Å². The summed E-state index contributed by atoms with van der Waals surface area (Å²) in [6, 6.07) is 18.8. The summed E-state index contributed by atoms with van der Waals surface area (Å²) in [5, 5.41) is 4.30. The van der Waals surface area contributed by atoms with E-state index < -0.39 is 6.04 Å². The Morgan fingerprint density at radius 2 is 1.59 bits per heavy atom. The summed E-state index contributed by atoms with van der Waals surface area (Å²) in [6.07, 6.45) is 7.83. The summed E-state index contributed by atoms with van der Waals surface area (Å²) in [7, 11) is 4.65. The van der Waals surface area contributed by atoms with Gasteiger partial charge in [-0.15, -0.1) is 0 Å². The molecule has 8 heteroatoms. The number of aromatic nitrogens is 1. The summed E-state index contributed by atoms with van der Waals surface area (Å²) < 4.78 is 16.9. The van der Waals surface area contributed by atoms with Crippen LogP contribution in [0, 0.1) is 6.92 Å². The zero-order valence-electron chi connectivity index (χ0n) is 26.2. The molecule has 1 heterocycles. The van der Waals surface area contributed by atoms with E-state index in [-0.39, 0.29) is 24.3 Å². The minimum Gasteiger partial charge on any atom is -0.493 e. The summed E-state index contributed by atoms with van der Waals surface area (Å²) in [6.45, 7) is 2.42. The van der Waals surface area contributed by atoms with Crippen molar-refractivity contribution >= 4 is 22.7 Å². The number of benzene rings is 3. The van der Waals surface area contributed by atoms with Crippen LogP contribution < -0.4 is 19.5 Å². The van der Waals surface area contributed by atoms with Crippen LogP contribution in [0.15, 0.2) is 66.9 Å². The number of hydrogen-bond donors (Lipinski definition) is 2. The molecule has 8 nitrogen and oxygen atoms in total. The molecule has 4 aromatic rings. The second kappa shape index (κ2) is 14.3. The molecular weight excluding hydrogens is 554 g/mol. The van der Waals surface area contributed by atoms with Crippen molar-refractivity contribution in [3.8, 4) is 17.2 Å². The van der Waals surface area contributed by atoms with Gasteiger partial charge in [-0.2, -0.15) is 0 Å². The third kappa shape index (κ3) is 6.85. The SMILES string of the molecule is COc1cc(C(C(=O)NC2CCCCC2)N(CCc2ccccc2C)C(=O)Cc2c[nH]c3ccccc23)cc(OC)c1OC. The van der Waals surface area contributed by atoms with E-state index in [0.29, 0.717) is 35.8 Å². The molecule has 1 saturated carbocycles. The van der Waals surface area contributed by atoms with Crippen molar-refractivity contribution in [3.05, 3.63) is 89.1 Å². The number of amides is 2. The molecule has 1 aromatic heterocycles. The fourth-order valence-corrected chi connectivity index (χ4v) is 6.33. The van der Waals surface area contributed by atoms with E-state index in [0.717, 1.165) is 53.3 Å². The van der Waals surface area contributed by atoms with Gasteiger partial charge in [-0.05, 0) is 66.6 Å². The highest BCUT2D eigenvalue weighted by atomic mass is 16.5. The highest BCUT2D eigenvalue weighted by Crippen LogP contribution is 2.41. The van der Waals surface area contributed by atoms with Crippen molar-refractivity contribution in [2.24, 2.45) is 0 Å². The number of aryl methyl sites for hydroxylation is 1. The van der Waals surface area contributed by atoms with Gasteiger partial charge in [0.1, 0.15) is 6.04 Å². The number of aromatic amines is 1. The number of fused-ring (bicyclic) bond motifs is 1. The second-order valence-corrected chi connectivity index (χ2v) is 11.5. The van der Waals surface area contributed by atoms with Crippen LogP contribution in [0.4, 0.5) is 0 Å². The molecule has 0 saturated heterocycles. The van der Waals surface area contributed by atoms with Crippen LogP contribution in [-0.2, 0) is 22.4 Å². The van der Waals surface area contributed by atoms with E-state index >= 15 is 0 Å². The molecule has 44 heavy (non-hydrogen) atoms. The first-order valence-corrected chi connectivity index (χ1v) is 15.4. The van der Waals surface area contributed by atoms with Crippen molar-refractivity contribution in [3.63, 3.8) is 0 Å². The molecule has 232 valence electrons. The molecule has 0 aliphatic heterocycles. The van der Waals surface area contributed by atoms with Crippen LogP contribution >= 0.6 is 0 Å². The monoisotopic (exact) mass is 597 g/mol. The first kappa shape index (κ1) is 31.0. The van der Waals surface area contributed by atoms with E-state index in [1.54, 1.807) is 38.4 Å². The Balaban J connectivity index is 1.58. The minimum atomic E-state index is -0.910. The highest BCUT2D eigenvalue weighted by molar-refractivity contribution is 5.93. The summed E-state index contributed by atoms with van der Waals surface area (Å²) in [5.41, 5.74) is 4.74. The third-order valence-electron chi connectivity index (χ3n) is 8.73. The maximum absolute atomic E-state index is 14.4. The van der Waals surface area contributed by atoms with Gasteiger partial charge in [-0.25, -0.2) is 0 Å². The number of nitrogens with zero attached hydrogens (tertiary/aromatic N) is 1. The summed E-state index contributed by atoms with van der Waals surface area (Å²) in [5.74, 6) is 0.950. The molecule has 1 aliphatic carbocycles.